The Morgan fingerprint density at radius 3 is 2.83 bits per heavy atom. The van der Waals surface area contributed by atoms with Gasteiger partial charge in [-0.15, -0.1) is 10.2 Å². The first-order chi connectivity index (χ1) is 8.90. The van der Waals surface area contributed by atoms with Gasteiger partial charge in [0.1, 0.15) is 0 Å². The lowest BCUT2D eigenvalue weighted by Gasteiger charge is -2.04. The second-order valence-electron chi connectivity index (χ2n) is 3.75. The van der Waals surface area contributed by atoms with E-state index in [1.807, 2.05) is 6.07 Å². The summed E-state index contributed by atoms with van der Waals surface area (Å²) in [6.45, 7) is 0.839. The van der Waals surface area contributed by atoms with Crippen molar-refractivity contribution in [3.8, 4) is 17.3 Å². The molecule has 7 heteroatoms. The second-order valence-corrected chi connectivity index (χ2v) is 3.75. The predicted octanol–water partition coefficient (Wildman–Crippen LogP) is 0.803. The van der Waals surface area contributed by atoms with Gasteiger partial charge in [0.05, 0.1) is 6.61 Å². The van der Waals surface area contributed by atoms with Crippen molar-refractivity contribution in [3.63, 3.8) is 0 Å². The fourth-order valence-electron chi connectivity index (χ4n) is 1.45. The third-order valence-corrected chi connectivity index (χ3v) is 2.39. The van der Waals surface area contributed by atoms with E-state index in [2.05, 4.69) is 25.6 Å². The number of tetrazole rings is 1. The molecule has 0 aliphatic heterocycles. The minimum absolute atomic E-state index is 0.234. The summed E-state index contributed by atoms with van der Waals surface area (Å²) in [7, 11) is 0. The Hall–Kier alpha value is -2.02. The highest BCUT2D eigenvalue weighted by Gasteiger charge is 2.03. The largest absolute Gasteiger partial charge is 0.478 e. The molecule has 18 heavy (non-hydrogen) atoms. The minimum Gasteiger partial charge on any atom is -0.478 e. The van der Waals surface area contributed by atoms with Gasteiger partial charge in [-0.3, -0.25) is 0 Å². The topological polar surface area (TPSA) is 96.8 Å². The summed E-state index contributed by atoms with van der Waals surface area (Å²) < 4.78 is 5.47. The summed E-state index contributed by atoms with van der Waals surface area (Å²) >= 11 is 0. The number of aromatic amines is 1. The Kier molecular flexibility index (Phi) is 4.60. The summed E-state index contributed by atoms with van der Waals surface area (Å²) in [4.78, 5) is 4.16. The molecule has 0 unspecified atom stereocenters. The number of nitrogens with one attached hydrogen (secondary N) is 1. The predicted molar refractivity (Wildman–Crippen MR) is 63.8 cm³/mol. The monoisotopic (exact) mass is 249 g/mol. The van der Waals surface area contributed by atoms with Gasteiger partial charge < -0.3 is 9.84 Å². The zero-order valence-electron chi connectivity index (χ0n) is 9.91. The van der Waals surface area contributed by atoms with Crippen LogP contribution in [0.3, 0.4) is 0 Å². The first-order valence-electron chi connectivity index (χ1n) is 5.83. The van der Waals surface area contributed by atoms with Gasteiger partial charge in [0.2, 0.25) is 11.7 Å². The normalized spacial score (nSPS) is 10.5. The molecule has 0 atom stereocenters. The van der Waals surface area contributed by atoms with Crippen molar-refractivity contribution in [2.45, 2.75) is 19.3 Å². The molecular weight excluding hydrogens is 234 g/mol. The number of ether oxygens (including phenoxy) is 1. The maximum absolute atomic E-state index is 8.63. The lowest BCUT2D eigenvalue weighted by molar-refractivity contribution is 0.262. The third kappa shape index (κ3) is 3.49. The van der Waals surface area contributed by atoms with Crippen LogP contribution in [0.5, 0.6) is 5.88 Å². The van der Waals surface area contributed by atoms with Gasteiger partial charge >= 0.3 is 0 Å². The summed E-state index contributed by atoms with van der Waals surface area (Å²) in [5.74, 6) is 1.09. The van der Waals surface area contributed by atoms with Crippen molar-refractivity contribution in [2.75, 3.05) is 13.2 Å². The smallest absolute Gasteiger partial charge is 0.213 e. The van der Waals surface area contributed by atoms with Crippen LogP contribution in [0, 0.1) is 0 Å². The van der Waals surface area contributed by atoms with E-state index in [1.54, 1.807) is 12.3 Å². The molecule has 0 saturated carbocycles. The maximum Gasteiger partial charge on any atom is 0.213 e. The first kappa shape index (κ1) is 12.4. The molecule has 0 aliphatic rings. The van der Waals surface area contributed by atoms with Crippen molar-refractivity contribution < 1.29 is 9.84 Å². The number of rotatable bonds is 7. The Labute approximate surface area is 104 Å². The molecule has 0 fully saturated rings. The molecule has 0 saturated heterocycles. The number of aliphatic hydroxyl groups excluding tert-OH is 1. The molecular formula is C11H15N5O2. The highest BCUT2D eigenvalue weighted by atomic mass is 16.5. The van der Waals surface area contributed by atoms with E-state index < -0.39 is 0 Å². The molecule has 0 amide bonds. The van der Waals surface area contributed by atoms with Crippen LogP contribution in [0.2, 0.25) is 0 Å². The molecule has 0 aromatic carbocycles. The molecule has 2 N–H and O–H groups in total. The molecule has 0 aliphatic carbocycles. The van der Waals surface area contributed by atoms with Gasteiger partial charge in [-0.05, 0) is 30.5 Å². The van der Waals surface area contributed by atoms with E-state index >= 15 is 0 Å². The maximum atomic E-state index is 8.63. The van der Waals surface area contributed by atoms with Crippen molar-refractivity contribution >= 4 is 0 Å². The van der Waals surface area contributed by atoms with Crippen molar-refractivity contribution in [3.05, 3.63) is 18.3 Å². The molecule has 0 bridgehead atoms. The Bertz CT molecular complexity index is 443. The Morgan fingerprint density at radius 2 is 2.17 bits per heavy atom. The molecule has 2 aromatic rings. The number of unbranched alkanes of at least 4 members (excludes halogenated alkanes) is 2. The molecule has 2 heterocycles. The molecule has 7 nitrogen and oxygen atoms in total. The van der Waals surface area contributed by atoms with Gasteiger partial charge in [0.15, 0.2) is 0 Å². The fourth-order valence-corrected chi connectivity index (χ4v) is 1.45. The summed E-state index contributed by atoms with van der Waals surface area (Å²) in [6, 6.07) is 3.61. The van der Waals surface area contributed by atoms with E-state index in [0.29, 0.717) is 18.3 Å². The number of hydrogen-bond donors (Lipinski definition) is 2. The van der Waals surface area contributed by atoms with Crippen LogP contribution in [-0.4, -0.2) is 43.9 Å². The van der Waals surface area contributed by atoms with Gasteiger partial charge in [-0.2, -0.15) is 5.21 Å². The fraction of sp³-hybridized carbons (Fsp3) is 0.455. The van der Waals surface area contributed by atoms with Crippen LogP contribution in [0.15, 0.2) is 18.3 Å². The van der Waals surface area contributed by atoms with Crippen LogP contribution in [0.4, 0.5) is 0 Å². The van der Waals surface area contributed by atoms with Gasteiger partial charge in [0, 0.05) is 24.4 Å². The number of hydrogen-bond acceptors (Lipinski definition) is 6. The highest BCUT2D eigenvalue weighted by molar-refractivity contribution is 5.52. The van der Waals surface area contributed by atoms with Crippen molar-refractivity contribution in [1.29, 1.82) is 0 Å². The number of nitrogens with zero attached hydrogens (tertiary/aromatic N) is 4. The zero-order valence-corrected chi connectivity index (χ0v) is 9.91. The lowest BCUT2D eigenvalue weighted by Crippen LogP contribution is -1.99. The Morgan fingerprint density at radius 1 is 1.22 bits per heavy atom. The molecule has 96 valence electrons. The van der Waals surface area contributed by atoms with Crippen molar-refractivity contribution in [2.24, 2.45) is 0 Å². The van der Waals surface area contributed by atoms with Crippen LogP contribution in [0.25, 0.3) is 11.4 Å². The Balaban J connectivity index is 1.81. The number of H-pyrrole nitrogens is 1. The number of aromatic nitrogens is 5. The van der Waals surface area contributed by atoms with Gasteiger partial charge in [-0.25, -0.2) is 4.98 Å². The third-order valence-electron chi connectivity index (χ3n) is 2.39. The lowest BCUT2D eigenvalue weighted by atomic mass is 10.2. The van der Waals surface area contributed by atoms with E-state index in [1.165, 1.54) is 0 Å². The molecule has 2 aromatic heterocycles. The minimum atomic E-state index is 0.234. The summed E-state index contributed by atoms with van der Waals surface area (Å²) in [5.41, 5.74) is 0.788. The number of aliphatic hydroxyl groups is 1. The molecule has 0 spiro atoms. The highest BCUT2D eigenvalue weighted by Crippen LogP contribution is 2.15. The van der Waals surface area contributed by atoms with Crippen LogP contribution in [-0.2, 0) is 0 Å². The van der Waals surface area contributed by atoms with Crippen LogP contribution >= 0.6 is 0 Å². The zero-order chi connectivity index (χ0) is 12.6. The standard InChI is InChI=1S/C11H15N5O2/c17-6-2-1-3-7-18-10-5-4-9(8-12-10)11-13-15-16-14-11/h4-5,8,17H,1-3,6-7H2,(H,13,14,15,16). The average molecular weight is 249 g/mol. The van der Waals surface area contributed by atoms with E-state index in [9.17, 15) is 0 Å². The first-order valence-corrected chi connectivity index (χ1v) is 5.83. The van der Waals surface area contributed by atoms with E-state index in [-0.39, 0.29) is 6.61 Å². The van der Waals surface area contributed by atoms with Gasteiger partial charge in [-0.1, -0.05) is 0 Å². The van der Waals surface area contributed by atoms with Crippen LogP contribution < -0.4 is 4.74 Å². The average Bonchev–Trinajstić information content (AvgIpc) is 2.93. The van der Waals surface area contributed by atoms with Gasteiger partial charge in [0.25, 0.3) is 0 Å². The summed E-state index contributed by atoms with van der Waals surface area (Å²) in [5, 5.41) is 22.2. The van der Waals surface area contributed by atoms with E-state index in [0.717, 1.165) is 24.8 Å². The molecule has 0 radical (unpaired) electrons. The number of pyridine rings is 1. The molecule has 2 rings (SSSR count). The van der Waals surface area contributed by atoms with E-state index in [4.69, 9.17) is 9.84 Å². The summed E-state index contributed by atoms with van der Waals surface area (Å²) in [6.07, 6.45) is 4.33. The van der Waals surface area contributed by atoms with Crippen molar-refractivity contribution in [1.82, 2.24) is 25.6 Å². The second kappa shape index (κ2) is 6.65. The quantitative estimate of drug-likeness (QED) is 0.704. The SMILES string of the molecule is OCCCCCOc1ccc(-c2nn[nH]n2)cn1. The van der Waals surface area contributed by atoms with Crippen LogP contribution in [0.1, 0.15) is 19.3 Å².